The van der Waals surface area contributed by atoms with Gasteiger partial charge in [-0.1, -0.05) is 0 Å². The average molecular weight is 279 g/mol. The van der Waals surface area contributed by atoms with E-state index in [1.54, 1.807) is 22.7 Å². The number of aromatic nitrogens is 3. The van der Waals surface area contributed by atoms with Crippen LogP contribution in [0.5, 0.6) is 0 Å². The van der Waals surface area contributed by atoms with Crippen LogP contribution in [-0.2, 0) is 16.3 Å². The zero-order chi connectivity index (χ0) is 13.5. The van der Waals surface area contributed by atoms with Crippen molar-refractivity contribution in [1.29, 1.82) is 0 Å². The van der Waals surface area contributed by atoms with Crippen molar-refractivity contribution in [2.24, 2.45) is 5.92 Å². The van der Waals surface area contributed by atoms with Crippen molar-refractivity contribution in [3.8, 4) is 0 Å². The molecule has 0 radical (unpaired) electrons. The number of sulfone groups is 1. The minimum absolute atomic E-state index is 0.114. The van der Waals surface area contributed by atoms with E-state index in [1.807, 2.05) is 0 Å². The van der Waals surface area contributed by atoms with Crippen molar-refractivity contribution in [3.63, 3.8) is 0 Å². The highest BCUT2D eigenvalue weighted by Crippen LogP contribution is 2.22. The molecule has 19 heavy (non-hydrogen) atoms. The molecular weight excluding hydrogens is 266 g/mol. The molecule has 1 unspecified atom stereocenters. The van der Waals surface area contributed by atoms with Gasteiger partial charge in [0.2, 0.25) is 0 Å². The fourth-order valence-electron chi connectivity index (χ4n) is 2.46. The normalized spacial score (nSPS) is 21.8. The van der Waals surface area contributed by atoms with Gasteiger partial charge in [-0.15, -0.1) is 10.2 Å². The first kappa shape index (κ1) is 12.3. The lowest BCUT2D eigenvalue weighted by atomic mass is 10.1. The molecule has 1 fully saturated rings. The summed E-state index contributed by atoms with van der Waals surface area (Å²) < 4.78 is 24.7. The minimum atomic E-state index is -2.87. The summed E-state index contributed by atoms with van der Waals surface area (Å²) in [5.41, 5.74) is 1.16. The number of nitrogens with zero attached hydrogens (tertiary/aromatic N) is 3. The van der Waals surface area contributed by atoms with E-state index in [2.05, 4.69) is 10.2 Å². The molecular formula is C12H13N3O3S. The fraction of sp³-hybridized carbons (Fsp3) is 0.417. The maximum absolute atomic E-state index is 11.4. The molecule has 1 aliphatic rings. The summed E-state index contributed by atoms with van der Waals surface area (Å²) in [7, 11) is -2.87. The molecule has 3 heterocycles. The molecule has 1 atom stereocenters. The summed E-state index contributed by atoms with van der Waals surface area (Å²) >= 11 is 0. The van der Waals surface area contributed by atoms with Gasteiger partial charge in [-0.2, -0.15) is 0 Å². The van der Waals surface area contributed by atoms with Gasteiger partial charge >= 0.3 is 0 Å². The molecule has 0 amide bonds. The number of fused-ring (bicyclic) bond motifs is 1. The average Bonchev–Trinajstić information content (AvgIpc) is 2.93. The molecule has 0 spiro atoms. The van der Waals surface area contributed by atoms with Crippen molar-refractivity contribution < 1.29 is 13.2 Å². The maximum Gasteiger partial charge on any atom is 0.161 e. The van der Waals surface area contributed by atoms with Crippen molar-refractivity contribution >= 4 is 21.8 Å². The van der Waals surface area contributed by atoms with E-state index >= 15 is 0 Å². The highest BCUT2D eigenvalue weighted by atomic mass is 32.2. The molecule has 100 valence electrons. The summed E-state index contributed by atoms with van der Waals surface area (Å²) in [6.07, 6.45) is 3.79. The zero-order valence-corrected chi connectivity index (χ0v) is 11.0. The summed E-state index contributed by atoms with van der Waals surface area (Å²) in [6.45, 7) is 0. The van der Waals surface area contributed by atoms with E-state index in [0.29, 0.717) is 24.1 Å². The first-order chi connectivity index (χ1) is 9.07. The molecule has 0 bridgehead atoms. The number of carbonyl (C=O) groups excluding carboxylic acids is 1. The van der Waals surface area contributed by atoms with E-state index in [1.165, 1.54) is 0 Å². The van der Waals surface area contributed by atoms with Crippen LogP contribution in [0.1, 0.15) is 22.6 Å². The lowest BCUT2D eigenvalue weighted by molar-refractivity contribution is 0.112. The molecule has 0 saturated carbocycles. The monoisotopic (exact) mass is 279 g/mol. The Morgan fingerprint density at radius 1 is 1.42 bits per heavy atom. The van der Waals surface area contributed by atoms with Crippen molar-refractivity contribution in [2.75, 3.05) is 11.5 Å². The van der Waals surface area contributed by atoms with Crippen LogP contribution in [0, 0.1) is 5.92 Å². The lowest BCUT2D eigenvalue weighted by Crippen LogP contribution is -2.09. The second-order valence-corrected chi connectivity index (χ2v) is 7.12. The molecule has 7 heteroatoms. The predicted octanol–water partition coefficient (Wildman–Crippen LogP) is 0.519. The van der Waals surface area contributed by atoms with Gasteiger partial charge < -0.3 is 0 Å². The number of carbonyl (C=O) groups is 1. The zero-order valence-electron chi connectivity index (χ0n) is 10.2. The SMILES string of the molecule is O=Cc1ccn2c(CC3CCS(=O)(=O)C3)nnc2c1. The van der Waals surface area contributed by atoms with Crippen LogP contribution < -0.4 is 0 Å². The van der Waals surface area contributed by atoms with Crippen LogP contribution >= 0.6 is 0 Å². The van der Waals surface area contributed by atoms with E-state index < -0.39 is 9.84 Å². The molecule has 3 rings (SSSR count). The summed E-state index contributed by atoms with van der Waals surface area (Å²) in [6, 6.07) is 3.35. The number of hydrogen-bond donors (Lipinski definition) is 0. The van der Waals surface area contributed by atoms with Crippen molar-refractivity contribution in [1.82, 2.24) is 14.6 Å². The van der Waals surface area contributed by atoms with Crippen LogP contribution in [0.2, 0.25) is 0 Å². The van der Waals surface area contributed by atoms with E-state index in [9.17, 15) is 13.2 Å². The van der Waals surface area contributed by atoms with E-state index in [0.717, 1.165) is 12.1 Å². The van der Waals surface area contributed by atoms with Gasteiger partial charge in [0.1, 0.15) is 12.1 Å². The van der Waals surface area contributed by atoms with Crippen molar-refractivity contribution in [2.45, 2.75) is 12.8 Å². The Labute approximate surface area is 110 Å². The summed E-state index contributed by atoms with van der Waals surface area (Å²) in [5.74, 6) is 1.36. The van der Waals surface area contributed by atoms with Gasteiger partial charge in [-0.3, -0.25) is 9.20 Å². The van der Waals surface area contributed by atoms with Gasteiger partial charge in [-0.25, -0.2) is 8.42 Å². The molecule has 0 N–H and O–H groups in total. The minimum Gasteiger partial charge on any atom is -0.298 e. The maximum atomic E-state index is 11.4. The summed E-state index contributed by atoms with van der Waals surface area (Å²) in [5, 5.41) is 8.09. The molecule has 0 aromatic carbocycles. The van der Waals surface area contributed by atoms with Gasteiger partial charge in [-0.05, 0) is 24.5 Å². The summed E-state index contributed by atoms with van der Waals surface area (Å²) in [4.78, 5) is 10.7. The van der Waals surface area contributed by atoms with Gasteiger partial charge in [0.05, 0.1) is 11.5 Å². The van der Waals surface area contributed by atoms with Gasteiger partial charge in [0.25, 0.3) is 0 Å². The Balaban J connectivity index is 1.88. The van der Waals surface area contributed by atoms with Crippen LogP contribution in [0.15, 0.2) is 18.3 Å². The van der Waals surface area contributed by atoms with Crippen molar-refractivity contribution in [3.05, 3.63) is 29.7 Å². The second kappa shape index (κ2) is 4.41. The number of rotatable bonds is 3. The number of pyridine rings is 1. The molecule has 1 saturated heterocycles. The topological polar surface area (TPSA) is 81.4 Å². The molecule has 2 aromatic heterocycles. The van der Waals surface area contributed by atoms with Crippen LogP contribution in [0.25, 0.3) is 5.65 Å². The smallest absolute Gasteiger partial charge is 0.161 e. The Bertz CT molecular complexity index is 736. The first-order valence-corrected chi connectivity index (χ1v) is 7.89. The molecule has 2 aromatic rings. The van der Waals surface area contributed by atoms with E-state index in [-0.39, 0.29) is 17.4 Å². The van der Waals surface area contributed by atoms with Gasteiger partial charge in [0.15, 0.2) is 15.5 Å². The largest absolute Gasteiger partial charge is 0.298 e. The lowest BCUT2D eigenvalue weighted by Gasteiger charge is -2.05. The number of aldehydes is 1. The Hall–Kier alpha value is -1.76. The molecule has 1 aliphatic heterocycles. The quantitative estimate of drug-likeness (QED) is 0.765. The van der Waals surface area contributed by atoms with Gasteiger partial charge in [0, 0.05) is 18.2 Å². The molecule has 6 nitrogen and oxygen atoms in total. The third-order valence-corrected chi connectivity index (χ3v) is 5.28. The fourth-order valence-corrected chi connectivity index (χ4v) is 4.32. The standard InChI is InChI=1S/C12H13N3O3S/c16-7-9-1-3-15-11(5-9)13-14-12(15)6-10-2-4-19(17,18)8-10/h1,3,5,7,10H,2,4,6,8H2. The Morgan fingerprint density at radius 2 is 2.26 bits per heavy atom. The Kier molecular flexibility index (Phi) is 2.85. The van der Waals surface area contributed by atoms with E-state index in [4.69, 9.17) is 0 Å². The third-order valence-electron chi connectivity index (χ3n) is 3.44. The number of hydrogen-bond acceptors (Lipinski definition) is 5. The predicted molar refractivity (Wildman–Crippen MR) is 68.8 cm³/mol. The third kappa shape index (κ3) is 2.37. The van der Waals surface area contributed by atoms with Crippen LogP contribution in [0.4, 0.5) is 0 Å². The second-order valence-electron chi connectivity index (χ2n) is 4.90. The van der Waals surface area contributed by atoms with Crippen LogP contribution in [-0.4, -0.2) is 40.8 Å². The molecule has 0 aliphatic carbocycles. The first-order valence-electron chi connectivity index (χ1n) is 6.07. The highest BCUT2D eigenvalue weighted by Gasteiger charge is 2.29. The highest BCUT2D eigenvalue weighted by molar-refractivity contribution is 7.91. The van der Waals surface area contributed by atoms with Crippen LogP contribution in [0.3, 0.4) is 0 Å². The Morgan fingerprint density at radius 3 is 2.95 bits per heavy atom.